The first-order valence-corrected chi connectivity index (χ1v) is 5.29. The molecule has 0 unspecified atom stereocenters. The molecule has 1 heterocycles. The molecule has 1 aliphatic heterocycles. The van der Waals surface area contributed by atoms with Gasteiger partial charge >= 0.3 is 6.09 Å². The van der Waals surface area contributed by atoms with Gasteiger partial charge in [0, 0.05) is 27.2 Å². The number of ether oxygens (including phenoxy) is 3. The van der Waals surface area contributed by atoms with Crippen molar-refractivity contribution in [3.63, 3.8) is 0 Å². The van der Waals surface area contributed by atoms with Crippen molar-refractivity contribution < 1.29 is 24.1 Å². The van der Waals surface area contributed by atoms with E-state index in [1.807, 2.05) is 0 Å². The van der Waals surface area contributed by atoms with Gasteiger partial charge in [-0.25, -0.2) is 4.79 Å². The number of carbonyl (C=O) groups is 1. The normalized spacial score (nSPS) is 24.2. The number of piperidine rings is 1. The summed E-state index contributed by atoms with van der Waals surface area (Å²) in [6.07, 6.45) is -0.872. The van der Waals surface area contributed by atoms with E-state index in [2.05, 4.69) is 0 Å². The molecule has 0 spiro atoms. The van der Waals surface area contributed by atoms with E-state index in [1.165, 1.54) is 19.1 Å². The number of aliphatic hydroxyl groups excluding tert-OH is 1. The summed E-state index contributed by atoms with van der Waals surface area (Å²) in [6.45, 7) is 2.66. The van der Waals surface area contributed by atoms with Gasteiger partial charge in [0.25, 0.3) is 0 Å². The zero-order chi connectivity index (χ0) is 12.2. The van der Waals surface area contributed by atoms with Gasteiger partial charge in [0.05, 0.1) is 13.2 Å². The zero-order valence-corrected chi connectivity index (χ0v) is 9.93. The minimum absolute atomic E-state index is 0.153. The lowest BCUT2D eigenvalue weighted by molar-refractivity contribution is -0.276. The van der Waals surface area contributed by atoms with Crippen LogP contribution in [0.4, 0.5) is 4.79 Å². The summed E-state index contributed by atoms with van der Waals surface area (Å²) in [5.74, 6) is -1.01. The number of β-amino-alcohol motifs (C(OH)–C–C–N with tert-alkyl or cyclic N) is 1. The second-order valence-electron chi connectivity index (χ2n) is 3.63. The minimum Gasteiger partial charge on any atom is -0.450 e. The first-order valence-electron chi connectivity index (χ1n) is 5.29. The van der Waals surface area contributed by atoms with Gasteiger partial charge in [0.15, 0.2) is 5.79 Å². The molecule has 16 heavy (non-hydrogen) atoms. The fraction of sp³-hybridized carbons (Fsp3) is 0.900. The van der Waals surface area contributed by atoms with E-state index in [9.17, 15) is 9.90 Å². The maximum absolute atomic E-state index is 11.4. The van der Waals surface area contributed by atoms with Gasteiger partial charge in [-0.05, 0) is 6.92 Å². The number of likely N-dealkylation sites (tertiary alicyclic amines) is 1. The van der Waals surface area contributed by atoms with Gasteiger partial charge in [-0.3, -0.25) is 0 Å². The molecule has 1 atom stereocenters. The predicted molar refractivity (Wildman–Crippen MR) is 56.0 cm³/mol. The Morgan fingerprint density at radius 2 is 2.12 bits per heavy atom. The van der Waals surface area contributed by atoms with Crippen molar-refractivity contribution >= 4 is 6.09 Å². The molecule has 0 aliphatic carbocycles. The highest BCUT2D eigenvalue weighted by atomic mass is 16.7. The molecule has 0 aromatic heterocycles. The number of nitrogens with zero attached hydrogens (tertiary/aromatic N) is 1. The highest BCUT2D eigenvalue weighted by Gasteiger charge is 2.44. The first-order chi connectivity index (χ1) is 7.59. The summed E-state index contributed by atoms with van der Waals surface area (Å²) in [5, 5.41) is 9.91. The van der Waals surface area contributed by atoms with Crippen LogP contribution in [0.1, 0.15) is 13.3 Å². The molecule has 6 heteroatoms. The van der Waals surface area contributed by atoms with Crippen LogP contribution >= 0.6 is 0 Å². The van der Waals surface area contributed by atoms with Crippen LogP contribution in [0, 0.1) is 0 Å². The molecule has 1 N–H and O–H groups in total. The Balaban J connectivity index is 2.60. The van der Waals surface area contributed by atoms with E-state index in [-0.39, 0.29) is 6.54 Å². The van der Waals surface area contributed by atoms with E-state index in [0.29, 0.717) is 19.6 Å². The molecule has 6 nitrogen and oxygen atoms in total. The van der Waals surface area contributed by atoms with Crippen LogP contribution in [0.3, 0.4) is 0 Å². The molecule has 0 aromatic rings. The van der Waals surface area contributed by atoms with E-state index in [0.717, 1.165) is 0 Å². The van der Waals surface area contributed by atoms with Crippen LogP contribution in [0.15, 0.2) is 0 Å². The standard InChI is InChI=1S/C10H19NO5/c1-4-16-9(13)11-6-5-10(14-2,15-3)8(12)7-11/h8,12H,4-7H2,1-3H3/t8-/m1/s1. The van der Waals surface area contributed by atoms with Crippen LogP contribution in [-0.2, 0) is 14.2 Å². The van der Waals surface area contributed by atoms with Gasteiger partial charge in [0.1, 0.15) is 6.10 Å². The summed E-state index contributed by atoms with van der Waals surface area (Å²) in [7, 11) is 2.96. The molecule has 0 bridgehead atoms. The lowest BCUT2D eigenvalue weighted by atomic mass is 10.0. The fourth-order valence-corrected chi connectivity index (χ4v) is 1.84. The van der Waals surface area contributed by atoms with E-state index < -0.39 is 18.0 Å². The van der Waals surface area contributed by atoms with Crippen molar-refractivity contribution in [1.82, 2.24) is 4.90 Å². The Hall–Kier alpha value is -0.850. The van der Waals surface area contributed by atoms with Crippen molar-refractivity contribution in [3.8, 4) is 0 Å². The second-order valence-corrected chi connectivity index (χ2v) is 3.63. The molecule has 94 valence electrons. The van der Waals surface area contributed by atoms with Crippen LogP contribution in [0.25, 0.3) is 0 Å². The number of carbonyl (C=O) groups excluding carboxylic acids is 1. The maximum Gasteiger partial charge on any atom is 0.409 e. The number of hydrogen-bond acceptors (Lipinski definition) is 5. The molecule has 0 saturated carbocycles. The summed E-state index contributed by atoms with van der Waals surface area (Å²) in [6, 6.07) is 0. The van der Waals surface area contributed by atoms with Crippen LogP contribution in [-0.4, -0.2) is 61.9 Å². The first kappa shape index (κ1) is 13.2. The largest absolute Gasteiger partial charge is 0.450 e. The average molecular weight is 233 g/mol. The van der Waals surface area contributed by atoms with Crippen molar-refractivity contribution in [3.05, 3.63) is 0 Å². The van der Waals surface area contributed by atoms with Crippen LogP contribution in [0.2, 0.25) is 0 Å². The summed E-state index contributed by atoms with van der Waals surface area (Å²) >= 11 is 0. The second kappa shape index (κ2) is 5.47. The third kappa shape index (κ3) is 2.45. The molecular formula is C10H19NO5. The molecule has 1 amide bonds. The highest BCUT2D eigenvalue weighted by molar-refractivity contribution is 5.67. The molecule has 0 aromatic carbocycles. The molecule has 1 aliphatic rings. The van der Waals surface area contributed by atoms with Crippen LogP contribution < -0.4 is 0 Å². The Morgan fingerprint density at radius 1 is 1.50 bits per heavy atom. The molecule has 0 radical (unpaired) electrons. The van der Waals surface area contributed by atoms with Gasteiger partial charge in [-0.2, -0.15) is 0 Å². The lowest BCUT2D eigenvalue weighted by Gasteiger charge is -2.42. The molecule has 1 fully saturated rings. The SMILES string of the molecule is CCOC(=O)N1CCC(OC)(OC)[C@H](O)C1. The third-order valence-electron chi connectivity index (χ3n) is 2.85. The Labute approximate surface area is 95.1 Å². The Bertz CT molecular complexity index is 241. The molecular weight excluding hydrogens is 214 g/mol. The number of rotatable bonds is 3. The zero-order valence-electron chi connectivity index (χ0n) is 9.93. The topological polar surface area (TPSA) is 68.2 Å². The number of aliphatic hydroxyl groups is 1. The van der Waals surface area contributed by atoms with Crippen molar-refractivity contribution in [2.24, 2.45) is 0 Å². The molecule has 1 rings (SSSR count). The average Bonchev–Trinajstić information content (AvgIpc) is 2.30. The van der Waals surface area contributed by atoms with E-state index in [1.54, 1.807) is 6.92 Å². The Kier molecular flexibility index (Phi) is 4.52. The number of amides is 1. The number of hydrogen-bond donors (Lipinski definition) is 1. The fourth-order valence-electron chi connectivity index (χ4n) is 1.84. The monoisotopic (exact) mass is 233 g/mol. The summed E-state index contributed by atoms with van der Waals surface area (Å²) in [4.78, 5) is 12.9. The predicted octanol–water partition coefficient (Wildman–Crippen LogP) is 0.199. The quantitative estimate of drug-likeness (QED) is 0.705. The lowest BCUT2D eigenvalue weighted by Crippen LogP contribution is -2.58. The molecule has 1 saturated heterocycles. The smallest absolute Gasteiger partial charge is 0.409 e. The van der Waals surface area contributed by atoms with Gasteiger partial charge in [0.2, 0.25) is 0 Å². The summed E-state index contributed by atoms with van der Waals surface area (Å²) < 4.78 is 15.2. The van der Waals surface area contributed by atoms with Gasteiger partial charge < -0.3 is 24.2 Å². The van der Waals surface area contributed by atoms with Gasteiger partial charge in [-0.1, -0.05) is 0 Å². The minimum atomic E-state index is -1.01. The number of methoxy groups -OCH3 is 2. The van der Waals surface area contributed by atoms with Crippen molar-refractivity contribution in [2.45, 2.75) is 25.2 Å². The van der Waals surface area contributed by atoms with E-state index >= 15 is 0 Å². The highest BCUT2D eigenvalue weighted by Crippen LogP contribution is 2.27. The third-order valence-corrected chi connectivity index (χ3v) is 2.85. The summed E-state index contributed by atoms with van der Waals surface area (Å²) in [5.41, 5.74) is 0. The van der Waals surface area contributed by atoms with E-state index in [4.69, 9.17) is 14.2 Å². The van der Waals surface area contributed by atoms with Crippen LogP contribution in [0.5, 0.6) is 0 Å². The van der Waals surface area contributed by atoms with Gasteiger partial charge in [-0.15, -0.1) is 0 Å². The van der Waals surface area contributed by atoms with Crippen molar-refractivity contribution in [1.29, 1.82) is 0 Å². The Morgan fingerprint density at radius 3 is 2.56 bits per heavy atom. The maximum atomic E-state index is 11.4. The van der Waals surface area contributed by atoms with Crippen molar-refractivity contribution in [2.75, 3.05) is 33.9 Å².